The van der Waals surface area contributed by atoms with Crippen molar-refractivity contribution >= 4 is 5.97 Å². The Labute approximate surface area is 282 Å². The number of carbonyl (C=O) groups is 1. The molecule has 2 aliphatic heterocycles. The molecule has 4 aromatic rings. The Balaban J connectivity index is 1.38. The predicted octanol–water partition coefficient (Wildman–Crippen LogP) is 7.15. The quantitative estimate of drug-likeness (QED) is 0.0956. The van der Waals surface area contributed by atoms with E-state index in [1.54, 1.807) is 27.4 Å². The Hall–Kier alpha value is -4.99. The van der Waals surface area contributed by atoms with E-state index in [9.17, 15) is 4.79 Å². The van der Waals surface area contributed by atoms with Crippen molar-refractivity contribution in [3.8, 4) is 46.0 Å². The molecule has 48 heavy (non-hydrogen) atoms. The topological polar surface area (TPSA) is 78.9 Å². The maximum Gasteiger partial charge on any atom is 0.335 e. The van der Waals surface area contributed by atoms with E-state index >= 15 is 0 Å². The second-order valence-corrected chi connectivity index (χ2v) is 12.1. The Bertz CT molecular complexity index is 1810. The van der Waals surface area contributed by atoms with Gasteiger partial charge in [0.15, 0.2) is 34.5 Å². The van der Waals surface area contributed by atoms with Gasteiger partial charge in [0, 0.05) is 37.3 Å². The molecule has 0 spiro atoms. The van der Waals surface area contributed by atoms with Crippen LogP contribution in [0.3, 0.4) is 0 Å². The molecule has 250 valence electrons. The monoisotopic (exact) mass is 650 g/mol. The number of nitrogens with zero attached hydrogens (tertiary/aromatic N) is 2. The second-order valence-electron chi connectivity index (χ2n) is 12.1. The lowest BCUT2D eigenvalue weighted by Gasteiger charge is -2.35. The van der Waals surface area contributed by atoms with Gasteiger partial charge in [0.2, 0.25) is 5.75 Å². The number of esters is 1. The second kappa shape index (κ2) is 14.4. The average molecular weight is 651 g/mol. The first-order valence-corrected chi connectivity index (χ1v) is 16.1. The van der Waals surface area contributed by atoms with Crippen molar-refractivity contribution in [2.24, 2.45) is 0 Å². The van der Waals surface area contributed by atoms with Crippen molar-refractivity contribution in [2.75, 3.05) is 48.5 Å². The first kappa shape index (κ1) is 32.9. The van der Waals surface area contributed by atoms with Gasteiger partial charge >= 0.3 is 5.97 Å². The first-order chi connectivity index (χ1) is 23.3. The summed E-state index contributed by atoms with van der Waals surface area (Å²) < 4.78 is 36.0. The van der Waals surface area contributed by atoms with Crippen LogP contribution in [0, 0.1) is 0 Å². The van der Waals surface area contributed by atoms with Crippen LogP contribution in [-0.2, 0) is 30.6 Å². The summed E-state index contributed by atoms with van der Waals surface area (Å²) in [7, 11) is 9.20. The smallest absolute Gasteiger partial charge is 0.335 e. The number of fused-ring (bicyclic) bond motifs is 2. The molecule has 0 unspecified atom stereocenters. The van der Waals surface area contributed by atoms with Crippen LogP contribution in [0.1, 0.15) is 33.9 Å². The summed E-state index contributed by atoms with van der Waals surface area (Å²) in [5.41, 5.74) is 5.65. The lowest BCUT2D eigenvalue weighted by Crippen LogP contribution is -2.33. The zero-order valence-corrected chi connectivity index (χ0v) is 28.2. The minimum Gasteiger partial charge on any atom is -0.493 e. The van der Waals surface area contributed by atoms with Crippen molar-refractivity contribution in [3.63, 3.8) is 0 Å². The van der Waals surface area contributed by atoms with Crippen molar-refractivity contribution in [3.05, 3.63) is 107 Å². The standard InChI is InChI=1S/C39H42N2O7/c1-7-37(42)47-32-14-13-25(20-34(32)46-28-11-9-8-10-12-28)19-31-29-23-35(33(43-4)21-26(29)16-18-41(31)3)48-38-30-24-40(2)17-15-27(30)22-36(44-5)39(38)45-6/h7-14,20-23,31H,1,15-19,24H2,2-6H3/t31-/m1/s1. The number of rotatable bonds is 11. The maximum absolute atomic E-state index is 12.1. The zero-order chi connectivity index (χ0) is 33.8. The molecule has 2 heterocycles. The SMILES string of the molecule is C=CC(=O)Oc1ccc(C[C@@H]2c3cc(Oc4c5c(cc(OC)c4OC)CCN(C)C5)c(OC)cc3CCN2C)cc1Oc1ccccc1. The maximum atomic E-state index is 12.1. The van der Waals surface area contributed by atoms with Gasteiger partial charge in [-0.3, -0.25) is 4.90 Å². The Morgan fingerprint density at radius 1 is 0.792 bits per heavy atom. The Morgan fingerprint density at radius 2 is 1.52 bits per heavy atom. The fraction of sp³-hybridized carbons (Fsp3) is 0.308. The zero-order valence-electron chi connectivity index (χ0n) is 28.2. The third kappa shape index (κ3) is 6.83. The summed E-state index contributed by atoms with van der Waals surface area (Å²) >= 11 is 0. The van der Waals surface area contributed by atoms with E-state index in [4.69, 9.17) is 28.4 Å². The minimum absolute atomic E-state index is 0.0282. The molecule has 0 N–H and O–H groups in total. The van der Waals surface area contributed by atoms with Gasteiger partial charge in [0.05, 0.1) is 21.3 Å². The summed E-state index contributed by atoms with van der Waals surface area (Å²) in [5.74, 6) is 3.97. The molecule has 0 aliphatic carbocycles. The predicted molar refractivity (Wildman–Crippen MR) is 184 cm³/mol. The Kier molecular flexibility index (Phi) is 9.89. The number of hydrogen-bond donors (Lipinski definition) is 0. The van der Waals surface area contributed by atoms with Gasteiger partial charge in [-0.05, 0) is 98.1 Å². The van der Waals surface area contributed by atoms with E-state index in [-0.39, 0.29) is 6.04 Å². The molecule has 0 saturated heterocycles. The van der Waals surface area contributed by atoms with Gasteiger partial charge in [0.25, 0.3) is 0 Å². The number of hydrogen-bond acceptors (Lipinski definition) is 9. The van der Waals surface area contributed by atoms with Gasteiger partial charge in [-0.15, -0.1) is 0 Å². The highest BCUT2D eigenvalue weighted by Crippen LogP contribution is 2.49. The van der Waals surface area contributed by atoms with Crippen LogP contribution >= 0.6 is 0 Å². The van der Waals surface area contributed by atoms with E-state index in [1.807, 2.05) is 42.5 Å². The largest absolute Gasteiger partial charge is 0.493 e. The highest BCUT2D eigenvalue weighted by atomic mass is 16.6. The summed E-state index contributed by atoms with van der Waals surface area (Å²) in [6.45, 7) is 6.09. The number of para-hydroxylation sites is 1. The molecule has 0 fully saturated rings. The van der Waals surface area contributed by atoms with Crippen molar-refractivity contribution in [2.45, 2.75) is 31.8 Å². The van der Waals surface area contributed by atoms with Crippen molar-refractivity contribution in [1.82, 2.24) is 9.80 Å². The molecule has 0 bridgehead atoms. The molecule has 2 aliphatic rings. The fourth-order valence-corrected chi connectivity index (χ4v) is 6.50. The highest BCUT2D eigenvalue weighted by Gasteiger charge is 2.30. The summed E-state index contributed by atoms with van der Waals surface area (Å²) in [6.07, 6.45) is 3.58. The minimum atomic E-state index is -0.552. The van der Waals surface area contributed by atoms with Crippen LogP contribution in [0.15, 0.2) is 79.4 Å². The molecule has 1 atom stereocenters. The molecular formula is C39H42N2O7. The first-order valence-electron chi connectivity index (χ1n) is 16.1. The number of methoxy groups -OCH3 is 3. The average Bonchev–Trinajstić information content (AvgIpc) is 3.10. The molecule has 0 aromatic heterocycles. The van der Waals surface area contributed by atoms with Crippen molar-refractivity contribution < 1.29 is 33.2 Å². The number of ether oxygens (including phenoxy) is 6. The molecular weight excluding hydrogens is 608 g/mol. The van der Waals surface area contributed by atoms with Crippen molar-refractivity contribution in [1.29, 1.82) is 0 Å². The number of benzene rings is 4. The van der Waals surface area contributed by atoms with E-state index in [2.05, 4.69) is 48.7 Å². The lowest BCUT2D eigenvalue weighted by atomic mass is 9.88. The molecule has 0 radical (unpaired) electrons. The third-order valence-electron chi connectivity index (χ3n) is 9.06. The van der Waals surface area contributed by atoms with E-state index in [0.29, 0.717) is 52.4 Å². The summed E-state index contributed by atoms with van der Waals surface area (Å²) in [4.78, 5) is 16.7. The van der Waals surface area contributed by atoms with Crippen LogP contribution in [0.4, 0.5) is 0 Å². The van der Waals surface area contributed by atoms with Crippen LogP contribution in [-0.4, -0.2) is 64.3 Å². The third-order valence-corrected chi connectivity index (χ3v) is 9.06. The number of carbonyl (C=O) groups excluding carboxylic acids is 1. The van der Waals surface area contributed by atoms with Crippen LogP contribution in [0.2, 0.25) is 0 Å². The fourth-order valence-electron chi connectivity index (χ4n) is 6.50. The molecule has 6 rings (SSSR count). The molecule has 9 nitrogen and oxygen atoms in total. The summed E-state index contributed by atoms with van der Waals surface area (Å²) in [6, 6.07) is 21.4. The van der Waals surface area contributed by atoms with E-state index < -0.39 is 5.97 Å². The van der Waals surface area contributed by atoms with Crippen LogP contribution < -0.4 is 28.4 Å². The molecule has 0 amide bonds. The van der Waals surface area contributed by atoms with E-state index in [0.717, 1.165) is 55.2 Å². The van der Waals surface area contributed by atoms with Gasteiger partial charge < -0.3 is 33.3 Å². The normalized spacial score (nSPS) is 15.9. The Morgan fingerprint density at radius 3 is 2.25 bits per heavy atom. The van der Waals surface area contributed by atoms with Gasteiger partial charge in [-0.2, -0.15) is 0 Å². The van der Waals surface area contributed by atoms with Gasteiger partial charge in [0.1, 0.15) is 5.75 Å². The van der Waals surface area contributed by atoms with Gasteiger partial charge in [-0.1, -0.05) is 30.8 Å². The molecule has 9 heteroatoms. The molecule has 0 saturated carbocycles. The highest BCUT2D eigenvalue weighted by molar-refractivity contribution is 5.83. The molecule has 4 aromatic carbocycles. The van der Waals surface area contributed by atoms with Crippen LogP contribution in [0.5, 0.6) is 46.0 Å². The van der Waals surface area contributed by atoms with Crippen LogP contribution in [0.25, 0.3) is 0 Å². The lowest BCUT2D eigenvalue weighted by molar-refractivity contribution is -0.129. The van der Waals surface area contributed by atoms with E-state index in [1.165, 1.54) is 11.1 Å². The summed E-state index contributed by atoms with van der Waals surface area (Å²) in [5, 5.41) is 0. The van der Waals surface area contributed by atoms with Gasteiger partial charge in [-0.25, -0.2) is 4.79 Å². The number of likely N-dealkylation sites (N-methyl/N-ethyl adjacent to an activating group) is 2.